The van der Waals surface area contributed by atoms with E-state index in [1.54, 1.807) is 12.1 Å². The Morgan fingerprint density at radius 2 is 2.26 bits per heavy atom. The summed E-state index contributed by atoms with van der Waals surface area (Å²) in [7, 11) is 0. The first-order chi connectivity index (χ1) is 9.08. The maximum absolute atomic E-state index is 13.1. The van der Waals surface area contributed by atoms with Crippen LogP contribution in [0.15, 0.2) is 18.2 Å². The van der Waals surface area contributed by atoms with Gasteiger partial charge in [-0.2, -0.15) is 0 Å². The van der Waals surface area contributed by atoms with E-state index in [4.69, 9.17) is 10.5 Å². The highest BCUT2D eigenvalue weighted by Crippen LogP contribution is 2.31. The van der Waals surface area contributed by atoms with Crippen LogP contribution in [0.2, 0.25) is 0 Å². The third kappa shape index (κ3) is 2.60. The van der Waals surface area contributed by atoms with Crippen LogP contribution in [0.25, 0.3) is 0 Å². The Morgan fingerprint density at radius 1 is 1.47 bits per heavy atom. The average Bonchev–Trinajstić information content (AvgIpc) is 2.68. The van der Waals surface area contributed by atoms with Crippen LogP contribution in [0.1, 0.15) is 25.3 Å². The fraction of sp³-hybridized carbons (Fsp3) is 0.600. The van der Waals surface area contributed by atoms with Crippen LogP contribution in [-0.4, -0.2) is 36.2 Å². The summed E-state index contributed by atoms with van der Waals surface area (Å²) in [6.07, 6.45) is 3.16. The zero-order valence-corrected chi connectivity index (χ0v) is 11.4. The average molecular weight is 264 g/mol. The third-order valence-corrected chi connectivity index (χ3v) is 4.05. The lowest BCUT2D eigenvalue weighted by Crippen LogP contribution is -2.68. The first-order valence-corrected chi connectivity index (χ1v) is 7.04. The van der Waals surface area contributed by atoms with E-state index < -0.39 is 0 Å². The van der Waals surface area contributed by atoms with Crippen LogP contribution < -0.4 is 10.5 Å². The van der Waals surface area contributed by atoms with Crippen LogP contribution in [0.5, 0.6) is 5.75 Å². The maximum atomic E-state index is 13.1. The predicted molar refractivity (Wildman–Crippen MR) is 72.8 cm³/mol. The molecule has 1 atom stereocenters. The summed E-state index contributed by atoms with van der Waals surface area (Å²) in [5.41, 5.74) is 7.24. The molecule has 2 aliphatic heterocycles. The monoisotopic (exact) mass is 264 g/mol. The van der Waals surface area contributed by atoms with Gasteiger partial charge in [0.25, 0.3) is 0 Å². The van der Waals surface area contributed by atoms with Gasteiger partial charge in [-0.05, 0) is 24.6 Å². The molecular weight excluding hydrogens is 243 g/mol. The molecule has 1 aromatic carbocycles. The molecule has 19 heavy (non-hydrogen) atoms. The molecule has 3 rings (SSSR count). The van der Waals surface area contributed by atoms with Crippen molar-refractivity contribution in [3.05, 3.63) is 29.6 Å². The van der Waals surface area contributed by atoms with Gasteiger partial charge in [0.05, 0.1) is 0 Å². The van der Waals surface area contributed by atoms with E-state index in [1.165, 1.54) is 6.07 Å². The van der Waals surface area contributed by atoms with Crippen molar-refractivity contribution in [3.63, 3.8) is 0 Å². The Morgan fingerprint density at radius 3 is 3.00 bits per heavy atom. The summed E-state index contributed by atoms with van der Waals surface area (Å²) in [6.45, 7) is 4.96. The molecule has 1 unspecified atom stereocenters. The molecule has 2 aliphatic rings. The van der Waals surface area contributed by atoms with Crippen molar-refractivity contribution in [3.8, 4) is 5.75 Å². The third-order valence-electron chi connectivity index (χ3n) is 4.05. The predicted octanol–water partition coefficient (Wildman–Crippen LogP) is 1.94. The molecule has 1 fully saturated rings. The van der Waals surface area contributed by atoms with Crippen molar-refractivity contribution in [2.24, 2.45) is 5.73 Å². The minimum atomic E-state index is -0.184. The van der Waals surface area contributed by atoms with Crippen molar-refractivity contribution in [2.45, 2.75) is 37.8 Å². The number of ether oxygens (including phenoxy) is 1. The highest BCUT2D eigenvalue weighted by Gasteiger charge is 2.40. The molecule has 0 saturated carbocycles. The summed E-state index contributed by atoms with van der Waals surface area (Å²) >= 11 is 0. The second kappa shape index (κ2) is 4.76. The molecule has 0 spiro atoms. The van der Waals surface area contributed by atoms with E-state index >= 15 is 0 Å². The molecule has 1 aromatic rings. The molecule has 0 aromatic heterocycles. The van der Waals surface area contributed by atoms with Gasteiger partial charge < -0.3 is 10.5 Å². The van der Waals surface area contributed by atoms with E-state index in [0.717, 1.165) is 50.2 Å². The number of rotatable bonds is 4. The number of hydrogen-bond donors (Lipinski definition) is 1. The lowest BCUT2D eigenvalue weighted by Gasteiger charge is -2.48. The van der Waals surface area contributed by atoms with E-state index in [9.17, 15) is 4.39 Å². The summed E-state index contributed by atoms with van der Waals surface area (Å²) in [5, 5.41) is 0. The zero-order chi connectivity index (χ0) is 13.5. The molecule has 4 heteroatoms. The smallest absolute Gasteiger partial charge is 0.123 e. The second-order valence-electron chi connectivity index (χ2n) is 5.98. The molecule has 0 radical (unpaired) electrons. The van der Waals surface area contributed by atoms with E-state index in [2.05, 4.69) is 11.8 Å². The van der Waals surface area contributed by atoms with Crippen LogP contribution in [-0.2, 0) is 6.42 Å². The number of hydrogen-bond acceptors (Lipinski definition) is 3. The first kappa shape index (κ1) is 12.9. The highest BCUT2D eigenvalue weighted by atomic mass is 19.1. The highest BCUT2D eigenvalue weighted by molar-refractivity contribution is 5.38. The van der Waals surface area contributed by atoms with E-state index in [-0.39, 0.29) is 17.5 Å². The van der Waals surface area contributed by atoms with Gasteiger partial charge in [-0.15, -0.1) is 0 Å². The second-order valence-corrected chi connectivity index (χ2v) is 5.98. The quantitative estimate of drug-likeness (QED) is 0.903. The van der Waals surface area contributed by atoms with Crippen molar-refractivity contribution in [1.82, 2.24) is 4.90 Å². The molecule has 0 bridgehead atoms. The van der Waals surface area contributed by atoms with E-state index in [0.29, 0.717) is 0 Å². The topological polar surface area (TPSA) is 38.5 Å². The molecule has 2 N–H and O–H groups in total. The first-order valence-electron chi connectivity index (χ1n) is 7.04. The molecule has 0 aliphatic carbocycles. The Kier molecular flexibility index (Phi) is 3.23. The number of benzene rings is 1. The zero-order valence-electron chi connectivity index (χ0n) is 11.4. The summed E-state index contributed by atoms with van der Waals surface area (Å²) < 4.78 is 19.0. The number of likely N-dealkylation sites (tertiary alicyclic amines) is 1. The molecule has 3 nitrogen and oxygen atoms in total. The SMILES string of the molecule is CCCC1(N)CN(CC2Cc3cc(F)ccc3O2)C1. The van der Waals surface area contributed by atoms with Gasteiger partial charge >= 0.3 is 0 Å². The van der Waals surface area contributed by atoms with Crippen LogP contribution >= 0.6 is 0 Å². The maximum Gasteiger partial charge on any atom is 0.123 e. The Labute approximate surface area is 113 Å². The molecule has 2 heterocycles. The Bertz CT molecular complexity index is 471. The largest absolute Gasteiger partial charge is 0.488 e. The van der Waals surface area contributed by atoms with Crippen LogP contribution in [0.3, 0.4) is 0 Å². The van der Waals surface area contributed by atoms with Gasteiger partial charge in [0, 0.05) is 37.2 Å². The lowest BCUT2D eigenvalue weighted by atomic mass is 9.86. The van der Waals surface area contributed by atoms with Crippen molar-refractivity contribution in [1.29, 1.82) is 0 Å². The molecule has 1 saturated heterocycles. The summed E-state index contributed by atoms with van der Waals surface area (Å²) in [5.74, 6) is 0.648. The number of halogens is 1. The number of nitrogens with zero attached hydrogens (tertiary/aromatic N) is 1. The van der Waals surface area contributed by atoms with Crippen LogP contribution in [0.4, 0.5) is 4.39 Å². The Hall–Kier alpha value is -1.13. The van der Waals surface area contributed by atoms with Gasteiger partial charge in [-0.25, -0.2) is 4.39 Å². The van der Waals surface area contributed by atoms with Gasteiger partial charge in [0.2, 0.25) is 0 Å². The molecule has 104 valence electrons. The summed E-state index contributed by atoms with van der Waals surface area (Å²) in [6, 6.07) is 4.76. The van der Waals surface area contributed by atoms with Crippen molar-refractivity contribution in [2.75, 3.05) is 19.6 Å². The van der Waals surface area contributed by atoms with Crippen LogP contribution in [0, 0.1) is 5.82 Å². The molecular formula is C15H21FN2O. The minimum Gasteiger partial charge on any atom is -0.488 e. The summed E-state index contributed by atoms with van der Waals surface area (Å²) in [4.78, 5) is 2.34. The number of fused-ring (bicyclic) bond motifs is 1. The Balaban J connectivity index is 1.52. The standard InChI is InChI=1S/C15H21FN2O/c1-2-5-15(17)9-18(10-15)8-13-7-11-6-12(16)3-4-14(11)19-13/h3-4,6,13H,2,5,7-10,17H2,1H3. The lowest BCUT2D eigenvalue weighted by molar-refractivity contribution is 0.0322. The fourth-order valence-corrected chi connectivity index (χ4v) is 3.31. The van der Waals surface area contributed by atoms with Crippen molar-refractivity contribution >= 4 is 0 Å². The van der Waals surface area contributed by atoms with Gasteiger partial charge in [-0.1, -0.05) is 13.3 Å². The van der Waals surface area contributed by atoms with Gasteiger partial charge in [0.15, 0.2) is 0 Å². The minimum absolute atomic E-state index is 0.00626. The van der Waals surface area contributed by atoms with Gasteiger partial charge in [0.1, 0.15) is 17.7 Å². The van der Waals surface area contributed by atoms with E-state index in [1.807, 2.05) is 0 Å². The van der Waals surface area contributed by atoms with Gasteiger partial charge in [-0.3, -0.25) is 4.90 Å². The normalized spacial score (nSPS) is 24.7. The number of nitrogens with two attached hydrogens (primary N) is 1. The molecule has 0 amide bonds. The fourth-order valence-electron chi connectivity index (χ4n) is 3.31. The van der Waals surface area contributed by atoms with Crippen molar-refractivity contribution < 1.29 is 9.13 Å².